The SMILES string of the molecule is CCC=CCC[O][Al]([CH2]C)[CH2]C. The molecule has 1 nitrogen and oxygen atoms in total. The van der Waals surface area contributed by atoms with Crippen molar-refractivity contribution >= 4 is 14.5 Å². The summed E-state index contributed by atoms with van der Waals surface area (Å²) in [5.74, 6) is 0. The Kier molecular flexibility index (Phi) is 9.50. The molecule has 0 aromatic heterocycles. The van der Waals surface area contributed by atoms with Crippen LogP contribution in [0.2, 0.25) is 10.6 Å². The van der Waals surface area contributed by atoms with Crippen LogP contribution < -0.4 is 0 Å². The van der Waals surface area contributed by atoms with Crippen LogP contribution in [0.4, 0.5) is 0 Å². The van der Waals surface area contributed by atoms with E-state index in [9.17, 15) is 0 Å². The molecule has 0 saturated heterocycles. The van der Waals surface area contributed by atoms with Gasteiger partial charge in [-0.3, -0.25) is 0 Å². The van der Waals surface area contributed by atoms with E-state index in [1.54, 1.807) is 0 Å². The Balaban J connectivity index is 3.23. The van der Waals surface area contributed by atoms with Crippen molar-refractivity contribution in [3.8, 4) is 0 Å². The van der Waals surface area contributed by atoms with Crippen molar-refractivity contribution < 1.29 is 3.79 Å². The second-order valence-corrected chi connectivity index (χ2v) is 6.19. The molecule has 0 aliphatic rings. The lowest BCUT2D eigenvalue weighted by Gasteiger charge is -2.07. The molecule has 0 aromatic carbocycles. The second kappa shape index (κ2) is 9.32. The van der Waals surface area contributed by atoms with Gasteiger partial charge in [-0.2, -0.15) is 0 Å². The van der Waals surface area contributed by atoms with Gasteiger partial charge in [0.1, 0.15) is 0 Å². The van der Waals surface area contributed by atoms with Crippen LogP contribution in [-0.4, -0.2) is 21.1 Å². The summed E-state index contributed by atoms with van der Waals surface area (Å²) in [6, 6.07) is 0. The molecule has 0 rings (SSSR count). The number of hydrogen-bond acceptors (Lipinski definition) is 1. The van der Waals surface area contributed by atoms with Crippen LogP contribution in [0.25, 0.3) is 0 Å². The van der Waals surface area contributed by atoms with Gasteiger partial charge in [0.15, 0.2) is 0 Å². The minimum Gasteiger partial charge on any atom is -0.500 e. The normalized spacial score (nSPS) is 10.9. The molecule has 0 aromatic rings. The van der Waals surface area contributed by atoms with Gasteiger partial charge in [-0.1, -0.05) is 43.5 Å². The third kappa shape index (κ3) is 6.91. The van der Waals surface area contributed by atoms with E-state index in [-0.39, 0.29) is 0 Å². The molecule has 0 saturated carbocycles. The summed E-state index contributed by atoms with van der Waals surface area (Å²) in [7, 11) is 0. The molecule has 0 N–H and O–H groups in total. The van der Waals surface area contributed by atoms with E-state index in [0.717, 1.165) is 19.4 Å². The highest BCUT2D eigenvalue weighted by Gasteiger charge is 2.13. The van der Waals surface area contributed by atoms with Crippen LogP contribution in [0.5, 0.6) is 0 Å². The van der Waals surface area contributed by atoms with Crippen molar-refractivity contribution in [1.82, 2.24) is 0 Å². The van der Waals surface area contributed by atoms with Gasteiger partial charge >= 0.3 is 14.5 Å². The lowest BCUT2D eigenvalue weighted by atomic mass is 10.3. The Bertz CT molecular complexity index is 108. The zero-order valence-electron chi connectivity index (χ0n) is 8.68. The van der Waals surface area contributed by atoms with Crippen LogP contribution in [0.1, 0.15) is 33.6 Å². The average molecular weight is 184 g/mol. The molecule has 0 fully saturated rings. The van der Waals surface area contributed by atoms with Crippen molar-refractivity contribution in [3.63, 3.8) is 0 Å². The summed E-state index contributed by atoms with van der Waals surface area (Å²) in [5, 5.41) is 2.54. The summed E-state index contributed by atoms with van der Waals surface area (Å²) < 4.78 is 5.77. The van der Waals surface area contributed by atoms with E-state index in [2.05, 4.69) is 32.9 Å². The Morgan fingerprint density at radius 1 is 1.08 bits per heavy atom. The molecule has 0 aliphatic carbocycles. The fraction of sp³-hybridized carbons (Fsp3) is 0.800. The van der Waals surface area contributed by atoms with Gasteiger partial charge in [-0.05, 0) is 12.8 Å². The van der Waals surface area contributed by atoms with Gasteiger partial charge in [-0.25, -0.2) is 0 Å². The molecular weight excluding hydrogens is 163 g/mol. The third-order valence-electron chi connectivity index (χ3n) is 1.95. The van der Waals surface area contributed by atoms with Crippen molar-refractivity contribution in [3.05, 3.63) is 12.2 Å². The van der Waals surface area contributed by atoms with Gasteiger partial charge in [0, 0.05) is 6.61 Å². The lowest BCUT2D eigenvalue weighted by molar-refractivity contribution is 0.327. The van der Waals surface area contributed by atoms with Crippen molar-refractivity contribution in [2.45, 2.75) is 44.2 Å². The first-order valence-electron chi connectivity index (χ1n) is 5.11. The maximum Gasteiger partial charge on any atom is 0.460 e. The van der Waals surface area contributed by atoms with Crippen molar-refractivity contribution in [2.24, 2.45) is 0 Å². The summed E-state index contributed by atoms with van der Waals surface area (Å²) in [5.41, 5.74) is 0. The Morgan fingerprint density at radius 3 is 2.25 bits per heavy atom. The first-order valence-corrected chi connectivity index (χ1v) is 7.22. The molecule has 2 heteroatoms. The maximum atomic E-state index is 5.77. The molecule has 0 amide bonds. The van der Waals surface area contributed by atoms with Crippen molar-refractivity contribution in [2.75, 3.05) is 6.61 Å². The molecular formula is C10H21AlO. The van der Waals surface area contributed by atoms with Crippen LogP contribution in [0.3, 0.4) is 0 Å². The molecule has 0 atom stereocenters. The molecule has 12 heavy (non-hydrogen) atoms. The van der Waals surface area contributed by atoms with Gasteiger partial charge in [0.2, 0.25) is 0 Å². The number of allylic oxidation sites excluding steroid dienone is 1. The highest BCUT2D eigenvalue weighted by molar-refractivity contribution is 6.51. The molecule has 70 valence electrons. The summed E-state index contributed by atoms with van der Waals surface area (Å²) in [6.45, 7) is 7.58. The maximum absolute atomic E-state index is 5.77. The van der Waals surface area contributed by atoms with Gasteiger partial charge in [-0.15, -0.1) is 0 Å². The van der Waals surface area contributed by atoms with Crippen LogP contribution in [0.15, 0.2) is 12.2 Å². The number of rotatable bonds is 7. The van der Waals surface area contributed by atoms with E-state index < -0.39 is 14.5 Å². The minimum absolute atomic E-state index is 0.778. The largest absolute Gasteiger partial charge is 0.500 e. The third-order valence-corrected chi connectivity index (χ3v) is 4.48. The zero-order valence-corrected chi connectivity index (χ0v) is 9.83. The average Bonchev–Trinajstić information content (AvgIpc) is 2.11. The first kappa shape index (κ1) is 12.2. The fourth-order valence-electron chi connectivity index (χ4n) is 1.11. The van der Waals surface area contributed by atoms with Gasteiger partial charge < -0.3 is 3.79 Å². The Labute approximate surface area is 81.5 Å². The van der Waals surface area contributed by atoms with E-state index in [1.807, 2.05) is 0 Å². The molecule has 0 bridgehead atoms. The van der Waals surface area contributed by atoms with Crippen LogP contribution >= 0.6 is 0 Å². The smallest absolute Gasteiger partial charge is 0.460 e. The predicted molar refractivity (Wildman–Crippen MR) is 56.7 cm³/mol. The van der Waals surface area contributed by atoms with Crippen LogP contribution in [0, 0.1) is 0 Å². The van der Waals surface area contributed by atoms with Gasteiger partial charge in [0.05, 0.1) is 0 Å². The Morgan fingerprint density at radius 2 is 1.75 bits per heavy atom. The topological polar surface area (TPSA) is 9.23 Å². The second-order valence-electron chi connectivity index (χ2n) is 2.98. The van der Waals surface area contributed by atoms with Gasteiger partial charge in [0.25, 0.3) is 0 Å². The highest BCUT2D eigenvalue weighted by atomic mass is 27.2. The molecule has 0 unspecified atom stereocenters. The lowest BCUT2D eigenvalue weighted by Crippen LogP contribution is -2.15. The van der Waals surface area contributed by atoms with E-state index >= 15 is 0 Å². The minimum atomic E-state index is -0.778. The van der Waals surface area contributed by atoms with Crippen LogP contribution in [-0.2, 0) is 3.79 Å². The molecule has 0 aliphatic heterocycles. The highest BCUT2D eigenvalue weighted by Crippen LogP contribution is 2.00. The fourth-order valence-corrected chi connectivity index (χ4v) is 2.63. The van der Waals surface area contributed by atoms with Crippen molar-refractivity contribution in [1.29, 1.82) is 0 Å². The quantitative estimate of drug-likeness (QED) is 0.335. The molecule has 0 heterocycles. The monoisotopic (exact) mass is 184 g/mol. The Hall–Kier alpha value is 0.232. The number of hydrogen-bond donors (Lipinski definition) is 0. The summed E-state index contributed by atoms with van der Waals surface area (Å²) >= 11 is -0.778. The standard InChI is InChI=1S/C6H11O.2C2H5.Al/c1-2-3-4-5-6-7;2*1-2;/h3-4H,2,5-6H2,1H3;2*1H2,2H3;/q-1;;;+1. The summed E-state index contributed by atoms with van der Waals surface area (Å²) in [6.07, 6.45) is 6.66. The summed E-state index contributed by atoms with van der Waals surface area (Å²) in [4.78, 5) is 0. The van der Waals surface area contributed by atoms with E-state index in [4.69, 9.17) is 3.79 Å². The predicted octanol–water partition coefficient (Wildman–Crippen LogP) is 3.39. The first-order chi connectivity index (χ1) is 5.85. The molecule has 0 radical (unpaired) electrons. The molecule has 0 spiro atoms. The zero-order chi connectivity index (χ0) is 9.23. The van der Waals surface area contributed by atoms with E-state index in [0.29, 0.717) is 0 Å². The van der Waals surface area contributed by atoms with E-state index in [1.165, 1.54) is 10.6 Å².